The molecular formula is C21H14N2. The zero-order chi connectivity index (χ0) is 15.2. The molecule has 0 saturated heterocycles. The normalized spacial score (nSPS) is 11.8. The Labute approximate surface area is 134 Å². The number of nitrogens with zero attached hydrogens (tertiary/aromatic N) is 1. The zero-order valence-corrected chi connectivity index (χ0v) is 12.5. The third-order valence-electron chi connectivity index (χ3n) is 4.43. The summed E-state index contributed by atoms with van der Waals surface area (Å²) < 4.78 is 0. The van der Waals surface area contributed by atoms with E-state index < -0.39 is 0 Å². The van der Waals surface area contributed by atoms with E-state index in [0.29, 0.717) is 0 Å². The Morgan fingerprint density at radius 2 is 1.61 bits per heavy atom. The lowest BCUT2D eigenvalue weighted by molar-refractivity contribution is 1.30. The predicted molar refractivity (Wildman–Crippen MR) is 95.9 cm³/mol. The van der Waals surface area contributed by atoms with E-state index in [4.69, 9.17) is 0 Å². The molecule has 0 amide bonds. The first-order valence-corrected chi connectivity index (χ1v) is 7.75. The van der Waals surface area contributed by atoms with Crippen molar-refractivity contribution in [3.63, 3.8) is 0 Å². The van der Waals surface area contributed by atoms with Gasteiger partial charge in [0.05, 0.1) is 0 Å². The molecule has 4 aromatic rings. The van der Waals surface area contributed by atoms with Crippen LogP contribution in [0.25, 0.3) is 33.0 Å². The van der Waals surface area contributed by atoms with Crippen LogP contribution >= 0.6 is 0 Å². The van der Waals surface area contributed by atoms with Crippen molar-refractivity contribution >= 4 is 22.3 Å². The Kier molecular flexibility index (Phi) is 2.53. The molecule has 3 aromatic carbocycles. The van der Waals surface area contributed by atoms with Crippen LogP contribution < -0.4 is 5.32 Å². The molecule has 5 rings (SSSR count). The van der Waals surface area contributed by atoms with Gasteiger partial charge in [0.25, 0.3) is 0 Å². The summed E-state index contributed by atoms with van der Waals surface area (Å²) in [5, 5.41) is 5.97. The van der Waals surface area contributed by atoms with Gasteiger partial charge in [-0.1, -0.05) is 42.5 Å². The lowest BCUT2D eigenvalue weighted by Gasteiger charge is -2.22. The number of rotatable bonds is 1. The van der Waals surface area contributed by atoms with Crippen LogP contribution in [0.2, 0.25) is 0 Å². The molecule has 1 aromatic heterocycles. The number of aromatic nitrogens is 1. The molecule has 0 fully saturated rings. The minimum atomic E-state index is 0.928. The van der Waals surface area contributed by atoms with Crippen molar-refractivity contribution < 1.29 is 0 Å². The van der Waals surface area contributed by atoms with Gasteiger partial charge in [0.15, 0.2) is 0 Å². The Hall–Kier alpha value is -3.13. The van der Waals surface area contributed by atoms with Gasteiger partial charge in [-0.2, -0.15) is 0 Å². The van der Waals surface area contributed by atoms with E-state index in [9.17, 15) is 0 Å². The molecule has 0 aliphatic carbocycles. The van der Waals surface area contributed by atoms with Gasteiger partial charge in [-0.15, -0.1) is 0 Å². The third kappa shape index (κ3) is 1.85. The van der Waals surface area contributed by atoms with Crippen LogP contribution in [0.15, 0.2) is 79.0 Å². The van der Waals surface area contributed by atoms with E-state index in [1.54, 1.807) is 0 Å². The highest BCUT2D eigenvalue weighted by molar-refractivity contribution is 6.12. The van der Waals surface area contributed by atoms with Crippen molar-refractivity contribution in [3.8, 4) is 22.3 Å². The van der Waals surface area contributed by atoms with Gasteiger partial charge in [-0.3, -0.25) is 0 Å². The summed E-state index contributed by atoms with van der Waals surface area (Å²) >= 11 is 0. The minimum Gasteiger partial charge on any atom is -0.339 e. The highest BCUT2D eigenvalue weighted by Gasteiger charge is 2.19. The molecule has 2 heteroatoms. The highest BCUT2D eigenvalue weighted by Crippen LogP contribution is 2.44. The van der Waals surface area contributed by atoms with Crippen LogP contribution in [0.5, 0.6) is 0 Å². The van der Waals surface area contributed by atoms with Crippen LogP contribution in [0.1, 0.15) is 0 Å². The first kappa shape index (κ1) is 12.4. The molecule has 2 heterocycles. The second-order valence-electron chi connectivity index (χ2n) is 5.82. The second kappa shape index (κ2) is 4.68. The number of benzene rings is 3. The molecule has 1 aliphatic heterocycles. The molecule has 2 nitrogen and oxygen atoms in total. The summed E-state index contributed by atoms with van der Waals surface area (Å²) in [7, 11) is 0. The lowest BCUT2D eigenvalue weighted by atomic mass is 9.90. The molecule has 108 valence electrons. The Bertz CT molecular complexity index is 1040. The Balaban J connectivity index is 1.89. The topological polar surface area (TPSA) is 24.9 Å². The fourth-order valence-corrected chi connectivity index (χ4v) is 3.39. The van der Waals surface area contributed by atoms with Gasteiger partial charge in [0.1, 0.15) is 5.82 Å². The maximum atomic E-state index is 4.50. The average molecular weight is 294 g/mol. The van der Waals surface area contributed by atoms with Gasteiger partial charge in [0.2, 0.25) is 0 Å². The molecule has 23 heavy (non-hydrogen) atoms. The third-order valence-corrected chi connectivity index (χ3v) is 4.43. The van der Waals surface area contributed by atoms with Crippen LogP contribution in [0.4, 0.5) is 11.5 Å². The van der Waals surface area contributed by atoms with E-state index >= 15 is 0 Å². The predicted octanol–water partition coefficient (Wildman–Crippen LogP) is 5.63. The molecule has 0 spiro atoms. The monoisotopic (exact) mass is 294 g/mol. The molecule has 0 bridgehead atoms. The van der Waals surface area contributed by atoms with Gasteiger partial charge in [-0.25, -0.2) is 4.98 Å². The Morgan fingerprint density at radius 1 is 0.696 bits per heavy atom. The minimum absolute atomic E-state index is 0.928. The van der Waals surface area contributed by atoms with Gasteiger partial charge in [0, 0.05) is 22.8 Å². The summed E-state index contributed by atoms with van der Waals surface area (Å²) in [5.74, 6) is 0.928. The number of anilines is 2. The number of hydrogen-bond donors (Lipinski definition) is 1. The summed E-state index contributed by atoms with van der Waals surface area (Å²) in [6.45, 7) is 0. The highest BCUT2D eigenvalue weighted by atomic mass is 15.0. The molecule has 0 radical (unpaired) electrons. The van der Waals surface area contributed by atoms with Crippen LogP contribution in [0, 0.1) is 0 Å². The molecule has 0 unspecified atom stereocenters. The van der Waals surface area contributed by atoms with E-state index in [0.717, 1.165) is 17.1 Å². The van der Waals surface area contributed by atoms with Crippen molar-refractivity contribution in [3.05, 3.63) is 79.0 Å². The van der Waals surface area contributed by atoms with Crippen molar-refractivity contribution in [2.45, 2.75) is 0 Å². The van der Waals surface area contributed by atoms with E-state index in [1.165, 1.54) is 27.5 Å². The van der Waals surface area contributed by atoms with Crippen molar-refractivity contribution in [1.29, 1.82) is 0 Å². The molecule has 1 aliphatic rings. The SMILES string of the molecule is c1ccc(-c2cc3c4c(cccc4c2)Nc2ncccc2-3)cc1. The quantitative estimate of drug-likeness (QED) is 0.433. The largest absolute Gasteiger partial charge is 0.339 e. The fraction of sp³-hybridized carbons (Fsp3) is 0. The van der Waals surface area contributed by atoms with Crippen LogP contribution in [0.3, 0.4) is 0 Å². The van der Waals surface area contributed by atoms with Crippen molar-refractivity contribution in [1.82, 2.24) is 4.98 Å². The van der Waals surface area contributed by atoms with Gasteiger partial charge in [-0.05, 0) is 52.4 Å². The zero-order valence-electron chi connectivity index (χ0n) is 12.5. The summed E-state index contributed by atoms with van der Waals surface area (Å²) in [5.41, 5.74) is 6.01. The van der Waals surface area contributed by atoms with Crippen molar-refractivity contribution in [2.75, 3.05) is 5.32 Å². The van der Waals surface area contributed by atoms with Crippen LogP contribution in [-0.4, -0.2) is 4.98 Å². The van der Waals surface area contributed by atoms with Gasteiger partial charge >= 0.3 is 0 Å². The van der Waals surface area contributed by atoms with E-state index in [-0.39, 0.29) is 0 Å². The number of hydrogen-bond acceptors (Lipinski definition) is 2. The molecule has 0 atom stereocenters. The first-order valence-electron chi connectivity index (χ1n) is 7.75. The average Bonchev–Trinajstić information content (AvgIpc) is 2.62. The molecule has 0 saturated carbocycles. The van der Waals surface area contributed by atoms with Crippen molar-refractivity contribution in [2.24, 2.45) is 0 Å². The van der Waals surface area contributed by atoms with Gasteiger partial charge < -0.3 is 5.32 Å². The summed E-state index contributed by atoms with van der Waals surface area (Å²) in [6.07, 6.45) is 1.83. The van der Waals surface area contributed by atoms with E-state index in [1.807, 2.05) is 12.3 Å². The maximum absolute atomic E-state index is 4.50. The van der Waals surface area contributed by atoms with E-state index in [2.05, 4.69) is 77.0 Å². The first-order chi connectivity index (χ1) is 11.4. The number of nitrogens with one attached hydrogen (secondary N) is 1. The summed E-state index contributed by atoms with van der Waals surface area (Å²) in [6, 6.07) is 25.6. The second-order valence-corrected chi connectivity index (χ2v) is 5.82. The maximum Gasteiger partial charge on any atom is 0.138 e. The molecular weight excluding hydrogens is 280 g/mol. The standard InChI is InChI=1S/C21H14N2/c1-2-6-14(7-3-1)16-12-15-8-4-10-19-20(15)18(13-16)17-9-5-11-22-21(17)23-19/h1-13H,(H,22,23). The molecule has 1 N–H and O–H groups in total. The van der Waals surface area contributed by atoms with Crippen LogP contribution in [-0.2, 0) is 0 Å². The number of pyridine rings is 1. The Morgan fingerprint density at radius 3 is 2.52 bits per heavy atom. The smallest absolute Gasteiger partial charge is 0.138 e. The number of fused-ring (bicyclic) bond motifs is 2. The fourth-order valence-electron chi connectivity index (χ4n) is 3.39. The summed E-state index contributed by atoms with van der Waals surface area (Å²) in [4.78, 5) is 4.50. The lowest BCUT2D eigenvalue weighted by Crippen LogP contribution is -2.03.